The molecule has 3 aromatic rings. The number of carboxylic acid groups (broad SMARTS) is 1. The van der Waals surface area contributed by atoms with E-state index in [0.717, 1.165) is 19.3 Å². The van der Waals surface area contributed by atoms with Crippen molar-refractivity contribution in [2.75, 3.05) is 6.54 Å². The first-order valence-corrected chi connectivity index (χ1v) is 10.1. The minimum Gasteiger partial charge on any atom is -0.506 e. The lowest BCUT2D eigenvalue weighted by Gasteiger charge is -2.16. The van der Waals surface area contributed by atoms with Gasteiger partial charge in [0.15, 0.2) is 0 Å². The molecular formula is C23H22N2O6. The summed E-state index contributed by atoms with van der Waals surface area (Å²) in [6.07, 6.45) is 3.00. The summed E-state index contributed by atoms with van der Waals surface area (Å²) in [6, 6.07) is 14.1. The van der Waals surface area contributed by atoms with Gasteiger partial charge >= 0.3 is 5.97 Å². The molecule has 1 heterocycles. The van der Waals surface area contributed by atoms with Crippen LogP contribution in [-0.4, -0.2) is 33.2 Å². The Morgan fingerprint density at radius 1 is 1.10 bits per heavy atom. The van der Waals surface area contributed by atoms with E-state index < -0.39 is 35.3 Å². The fraction of sp³-hybridized carbons (Fsp3) is 0.261. The minimum atomic E-state index is -1.25. The zero-order valence-corrected chi connectivity index (χ0v) is 16.7. The van der Waals surface area contributed by atoms with E-state index in [1.54, 1.807) is 30.3 Å². The van der Waals surface area contributed by atoms with Gasteiger partial charge in [-0.05, 0) is 36.6 Å². The van der Waals surface area contributed by atoms with E-state index in [2.05, 4.69) is 5.32 Å². The normalized spacial score (nSPS) is 13.2. The molecule has 1 aliphatic carbocycles. The molecule has 3 N–H and O–H groups in total. The van der Waals surface area contributed by atoms with E-state index in [9.17, 15) is 19.5 Å². The van der Waals surface area contributed by atoms with E-state index in [-0.39, 0.29) is 0 Å². The van der Waals surface area contributed by atoms with Gasteiger partial charge in [-0.25, -0.2) is 0 Å². The Morgan fingerprint density at radius 3 is 2.52 bits per heavy atom. The summed E-state index contributed by atoms with van der Waals surface area (Å²) in [6.45, 7) is -0.268. The summed E-state index contributed by atoms with van der Waals surface area (Å²) >= 11 is 0. The highest BCUT2D eigenvalue weighted by Gasteiger charge is 2.25. The second kappa shape index (κ2) is 8.51. The predicted molar refractivity (Wildman–Crippen MR) is 114 cm³/mol. The molecule has 31 heavy (non-hydrogen) atoms. The number of hydrogen-bond acceptors (Lipinski definition) is 5. The number of benzene rings is 2. The maximum atomic E-state index is 13.1. The summed E-state index contributed by atoms with van der Waals surface area (Å²) < 4.78 is 7.32. The maximum Gasteiger partial charge on any atom is 0.322 e. The number of para-hydroxylation sites is 1. The Balaban J connectivity index is 1.79. The van der Waals surface area contributed by atoms with Crippen LogP contribution in [-0.2, 0) is 11.3 Å². The molecule has 1 aliphatic rings. The molecule has 1 aromatic heterocycles. The Kier molecular flexibility index (Phi) is 5.62. The highest BCUT2D eigenvalue weighted by Crippen LogP contribution is 2.35. The Hall–Kier alpha value is -3.81. The number of aryl methyl sites for hydroxylation is 1. The first-order chi connectivity index (χ1) is 14.9. The molecule has 0 aliphatic heterocycles. The van der Waals surface area contributed by atoms with Crippen LogP contribution in [0.15, 0.2) is 53.3 Å². The Labute approximate surface area is 177 Å². The topological polar surface area (TPSA) is 118 Å². The molecule has 8 nitrogen and oxygen atoms in total. The van der Waals surface area contributed by atoms with Gasteiger partial charge in [-0.15, -0.1) is 0 Å². The lowest BCUT2D eigenvalue weighted by atomic mass is 10.1. The second-order valence-corrected chi connectivity index (χ2v) is 7.58. The molecule has 0 radical (unpaired) electrons. The SMILES string of the molecule is O=C(O)CNC(=O)c1c(O)c2ccc(Oc3ccccc3)cc2n(CCC2CC2)c1=O. The fourth-order valence-electron chi connectivity index (χ4n) is 3.49. The summed E-state index contributed by atoms with van der Waals surface area (Å²) in [5.41, 5.74) is -0.668. The van der Waals surface area contributed by atoms with Gasteiger partial charge in [0.25, 0.3) is 11.5 Å². The van der Waals surface area contributed by atoms with Gasteiger partial charge in [-0.1, -0.05) is 31.0 Å². The number of hydrogen-bond donors (Lipinski definition) is 3. The number of aromatic nitrogens is 1. The van der Waals surface area contributed by atoms with Crippen molar-refractivity contribution in [3.05, 3.63) is 64.4 Å². The average molecular weight is 422 g/mol. The Bertz CT molecular complexity index is 1200. The van der Waals surface area contributed by atoms with E-state index >= 15 is 0 Å². The standard InChI is InChI=1S/C23H22N2O6/c26-19(27)13-24-22(29)20-21(28)17-9-8-16(31-15-4-2-1-3-5-15)12-18(17)25(23(20)30)11-10-14-6-7-14/h1-5,8-9,12,14,28H,6-7,10-11,13H2,(H,24,29)(H,26,27). The van der Waals surface area contributed by atoms with Crippen molar-refractivity contribution in [1.82, 2.24) is 9.88 Å². The minimum absolute atomic E-state index is 0.316. The van der Waals surface area contributed by atoms with Crippen molar-refractivity contribution in [1.29, 1.82) is 0 Å². The molecule has 0 atom stereocenters. The van der Waals surface area contributed by atoms with Gasteiger partial charge < -0.3 is 24.8 Å². The number of aliphatic carboxylic acids is 1. The van der Waals surface area contributed by atoms with Crippen LogP contribution in [0.4, 0.5) is 0 Å². The lowest BCUT2D eigenvalue weighted by Crippen LogP contribution is -2.36. The number of nitrogens with one attached hydrogen (secondary N) is 1. The van der Waals surface area contributed by atoms with Crippen LogP contribution in [0.2, 0.25) is 0 Å². The third kappa shape index (κ3) is 4.53. The van der Waals surface area contributed by atoms with Crippen molar-refractivity contribution in [3.63, 3.8) is 0 Å². The maximum absolute atomic E-state index is 13.1. The van der Waals surface area contributed by atoms with Crippen molar-refractivity contribution >= 4 is 22.8 Å². The molecular weight excluding hydrogens is 400 g/mol. The fourth-order valence-corrected chi connectivity index (χ4v) is 3.49. The molecule has 0 saturated heterocycles. The van der Waals surface area contributed by atoms with Crippen molar-refractivity contribution in [2.45, 2.75) is 25.8 Å². The number of aromatic hydroxyl groups is 1. The summed E-state index contributed by atoms with van der Waals surface area (Å²) in [5.74, 6) is -0.981. The molecule has 0 bridgehead atoms. The molecule has 1 fully saturated rings. The average Bonchev–Trinajstić information content (AvgIpc) is 3.57. The van der Waals surface area contributed by atoms with Gasteiger partial charge in [-0.3, -0.25) is 14.4 Å². The van der Waals surface area contributed by atoms with Crippen LogP contribution in [0.3, 0.4) is 0 Å². The number of amides is 1. The van der Waals surface area contributed by atoms with E-state index in [1.807, 2.05) is 18.2 Å². The third-order valence-corrected chi connectivity index (χ3v) is 5.27. The smallest absolute Gasteiger partial charge is 0.322 e. The highest BCUT2D eigenvalue weighted by atomic mass is 16.5. The van der Waals surface area contributed by atoms with E-state index in [0.29, 0.717) is 34.9 Å². The number of fused-ring (bicyclic) bond motifs is 1. The summed E-state index contributed by atoms with van der Waals surface area (Å²) in [5, 5.41) is 22.0. The van der Waals surface area contributed by atoms with E-state index in [4.69, 9.17) is 9.84 Å². The number of carboxylic acids is 1. The molecule has 0 unspecified atom stereocenters. The third-order valence-electron chi connectivity index (χ3n) is 5.27. The zero-order chi connectivity index (χ0) is 22.0. The van der Waals surface area contributed by atoms with E-state index in [1.165, 1.54) is 4.57 Å². The first-order valence-electron chi connectivity index (χ1n) is 10.1. The molecule has 0 spiro atoms. The number of carbonyl (C=O) groups excluding carboxylic acids is 1. The van der Waals surface area contributed by atoms with Crippen molar-refractivity contribution < 1.29 is 24.5 Å². The van der Waals surface area contributed by atoms with Gasteiger partial charge in [0.1, 0.15) is 29.4 Å². The number of carbonyl (C=O) groups is 2. The zero-order valence-electron chi connectivity index (χ0n) is 16.7. The summed E-state index contributed by atoms with van der Waals surface area (Å²) in [4.78, 5) is 36.4. The molecule has 1 amide bonds. The molecule has 2 aromatic carbocycles. The monoisotopic (exact) mass is 422 g/mol. The number of nitrogens with zero attached hydrogens (tertiary/aromatic N) is 1. The van der Waals surface area contributed by atoms with Gasteiger partial charge in [0.2, 0.25) is 0 Å². The first kappa shape index (κ1) is 20.5. The van der Waals surface area contributed by atoms with Gasteiger partial charge in [0.05, 0.1) is 5.52 Å². The lowest BCUT2D eigenvalue weighted by molar-refractivity contribution is -0.135. The second-order valence-electron chi connectivity index (χ2n) is 7.58. The van der Waals surface area contributed by atoms with Crippen LogP contribution in [0.1, 0.15) is 29.6 Å². The van der Waals surface area contributed by atoms with Crippen LogP contribution >= 0.6 is 0 Å². The van der Waals surface area contributed by atoms with Crippen molar-refractivity contribution in [2.24, 2.45) is 5.92 Å². The molecule has 8 heteroatoms. The quantitative estimate of drug-likeness (QED) is 0.513. The van der Waals surface area contributed by atoms with Gasteiger partial charge in [-0.2, -0.15) is 0 Å². The largest absolute Gasteiger partial charge is 0.506 e. The summed E-state index contributed by atoms with van der Waals surface area (Å²) in [7, 11) is 0. The van der Waals surface area contributed by atoms with Crippen molar-refractivity contribution in [3.8, 4) is 17.2 Å². The number of pyridine rings is 1. The highest BCUT2D eigenvalue weighted by molar-refractivity contribution is 6.03. The van der Waals surface area contributed by atoms with Crippen LogP contribution in [0.25, 0.3) is 10.9 Å². The number of rotatable bonds is 8. The van der Waals surface area contributed by atoms with Crippen LogP contribution in [0, 0.1) is 5.92 Å². The molecule has 4 rings (SSSR count). The molecule has 1 saturated carbocycles. The predicted octanol–water partition coefficient (Wildman–Crippen LogP) is 3.11. The Morgan fingerprint density at radius 2 is 1.84 bits per heavy atom. The molecule has 160 valence electrons. The van der Waals surface area contributed by atoms with Crippen LogP contribution < -0.4 is 15.6 Å². The van der Waals surface area contributed by atoms with Gasteiger partial charge in [0, 0.05) is 18.0 Å². The van der Waals surface area contributed by atoms with Crippen LogP contribution in [0.5, 0.6) is 17.2 Å². The number of ether oxygens (including phenoxy) is 1.